The van der Waals surface area contributed by atoms with Crippen LogP contribution >= 0.6 is 0 Å². The Bertz CT molecular complexity index is 117. The van der Waals surface area contributed by atoms with Gasteiger partial charge in [0, 0.05) is 6.42 Å². The molecule has 0 fully saturated rings. The summed E-state index contributed by atoms with van der Waals surface area (Å²) in [4.78, 5) is 10.7. The van der Waals surface area contributed by atoms with Crippen LogP contribution in [0.15, 0.2) is 0 Å². The van der Waals surface area contributed by atoms with Gasteiger partial charge >= 0.3 is 0 Å². The molecule has 11 heavy (non-hydrogen) atoms. The minimum atomic E-state index is -0.374. The van der Waals surface area contributed by atoms with Crippen LogP contribution in [0.4, 0.5) is 0 Å². The predicted molar refractivity (Wildman–Crippen MR) is 38.2 cm³/mol. The second kappa shape index (κ2) is 6.58. The van der Waals surface area contributed by atoms with Gasteiger partial charge in [0.25, 0.3) is 0 Å². The first-order chi connectivity index (χ1) is 4.57. The van der Waals surface area contributed by atoms with Crippen LogP contribution in [0.5, 0.6) is 0 Å². The van der Waals surface area contributed by atoms with Crippen LogP contribution in [0.2, 0.25) is 0 Å². The maximum atomic E-state index is 10.7. The first kappa shape index (κ1) is 13.5. The van der Waals surface area contributed by atoms with Crippen LogP contribution in [-0.4, -0.2) is 23.5 Å². The molecule has 0 saturated carbocycles. The molecule has 0 aliphatic heterocycles. The molecule has 0 aromatic heterocycles. The molecule has 0 rings (SSSR count). The van der Waals surface area contributed by atoms with Crippen LogP contribution in [0.25, 0.3) is 0 Å². The minimum absolute atomic E-state index is 0. The standard InChI is InChI=1S/C7H15NO2.ClH/c1-5(2)3-6(8)7(10)4-9;/h5-6,9H,3-4,8H2,1-2H3;1H/t6-;/m1./s1. The molecule has 0 aromatic carbocycles. The highest BCUT2D eigenvalue weighted by Gasteiger charge is 2.16. The molecule has 0 amide bonds. The average molecular weight is 182 g/mol. The second-order valence-corrected chi connectivity index (χ2v) is 2.95. The number of rotatable bonds is 4. The molecule has 1 atom stereocenters. The van der Waals surface area contributed by atoms with Crippen LogP contribution in [0, 0.1) is 5.92 Å². The molecule has 0 heterocycles. The Hall–Kier alpha value is -0.120. The maximum absolute atomic E-state index is 10.7. The Kier molecular flexibility index (Phi) is 8.06. The lowest BCUT2D eigenvalue weighted by Crippen LogP contribution is -3.00. The summed E-state index contributed by atoms with van der Waals surface area (Å²) in [6.45, 7) is 3.69. The van der Waals surface area contributed by atoms with E-state index < -0.39 is 0 Å². The number of hydrogen-bond donors (Lipinski definition) is 2. The van der Waals surface area contributed by atoms with Gasteiger partial charge in [-0.2, -0.15) is 0 Å². The third-order valence-corrected chi connectivity index (χ3v) is 1.37. The zero-order valence-corrected chi connectivity index (χ0v) is 7.77. The van der Waals surface area contributed by atoms with Crippen molar-refractivity contribution >= 4 is 5.78 Å². The van der Waals surface area contributed by atoms with Gasteiger partial charge in [-0.25, -0.2) is 0 Å². The van der Waals surface area contributed by atoms with Gasteiger partial charge in [-0.3, -0.25) is 4.79 Å². The summed E-state index contributed by atoms with van der Waals surface area (Å²) in [6, 6.07) is -0.231. The number of ketones is 1. The van der Waals surface area contributed by atoms with Crippen LogP contribution in [-0.2, 0) is 4.79 Å². The monoisotopic (exact) mass is 181 g/mol. The zero-order chi connectivity index (χ0) is 8.15. The van der Waals surface area contributed by atoms with Gasteiger partial charge in [0.1, 0.15) is 12.6 Å². The predicted octanol–water partition coefficient (Wildman–Crippen LogP) is -3.79. The van der Waals surface area contributed by atoms with Gasteiger partial charge in [-0.05, 0) is 5.92 Å². The molecule has 0 spiro atoms. The number of quaternary nitrogens is 1. The molecule has 0 radical (unpaired) electrons. The van der Waals surface area contributed by atoms with Crippen molar-refractivity contribution in [3.8, 4) is 0 Å². The summed E-state index contributed by atoms with van der Waals surface area (Å²) < 4.78 is 0. The molecular weight excluding hydrogens is 166 g/mol. The average Bonchev–Trinajstić information content (AvgIpc) is 1.85. The fourth-order valence-electron chi connectivity index (χ4n) is 0.830. The molecule has 0 bridgehead atoms. The molecule has 0 unspecified atom stereocenters. The van der Waals surface area contributed by atoms with E-state index in [-0.39, 0.29) is 30.8 Å². The first-order valence-corrected chi connectivity index (χ1v) is 3.54. The minimum Gasteiger partial charge on any atom is -1.00 e. The number of hydrogen-bond acceptors (Lipinski definition) is 2. The highest BCUT2D eigenvalue weighted by atomic mass is 35.5. The molecule has 0 aliphatic rings. The molecule has 0 aromatic rings. The second-order valence-electron chi connectivity index (χ2n) is 2.95. The van der Waals surface area contributed by atoms with Gasteiger partial charge in [-0.15, -0.1) is 0 Å². The first-order valence-electron chi connectivity index (χ1n) is 3.54. The third kappa shape index (κ3) is 6.28. The molecule has 3 nitrogen and oxygen atoms in total. The summed E-state index contributed by atoms with van der Waals surface area (Å²) in [5, 5.41) is 8.43. The summed E-state index contributed by atoms with van der Waals surface area (Å²) in [5.74, 6) is 0.312. The fraction of sp³-hybridized carbons (Fsp3) is 0.857. The van der Waals surface area contributed by atoms with E-state index in [0.717, 1.165) is 6.42 Å². The molecule has 4 N–H and O–H groups in total. The molecule has 4 heteroatoms. The summed E-state index contributed by atoms with van der Waals surface area (Å²) >= 11 is 0. The van der Waals surface area contributed by atoms with Crippen LogP contribution in [0.1, 0.15) is 20.3 Å². The smallest absolute Gasteiger partial charge is 0.214 e. The van der Waals surface area contributed by atoms with E-state index in [4.69, 9.17) is 5.11 Å². The Labute approximate surface area is 73.4 Å². The van der Waals surface area contributed by atoms with Crippen molar-refractivity contribution in [2.75, 3.05) is 6.61 Å². The Morgan fingerprint density at radius 2 is 2.00 bits per heavy atom. The van der Waals surface area contributed by atoms with E-state index in [1.165, 1.54) is 0 Å². The normalized spacial score (nSPS) is 12.5. The van der Waals surface area contributed by atoms with Gasteiger partial charge in [-0.1, -0.05) is 13.8 Å². The van der Waals surface area contributed by atoms with Crippen molar-refractivity contribution < 1.29 is 28.0 Å². The number of carbonyl (C=O) groups excluding carboxylic acids is 1. The van der Waals surface area contributed by atoms with E-state index >= 15 is 0 Å². The lowest BCUT2D eigenvalue weighted by Gasteiger charge is -2.07. The lowest BCUT2D eigenvalue weighted by atomic mass is 10.0. The van der Waals surface area contributed by atoms with E-state index in [0.29, 0.717) is 5.92 Å². The number of aliphatic hydroxyl groups excluding tert-OH is 1. The highest BCUT2D eigenvalue weighted by Crippen LogP contribution is 2.01. The number of halogens is 1. The number of aliphatic hydroxyl groups is 1. The zero-order valence-electron chi connectivity index (χ0n) is 7.01. The number of Topliss-reactive ketones (excluding diaryl/α,β-unsaturated/α-hetero) is 1. The quantitative estimate of drug-likeness (QED) is 0.468. The van der Waals surface area contributed by atoms with Gasteiger partial charge in [0.15, 0.2) is 0 Å². The summed E-state index contributed by atoms with van der Waals surface area (Å²) in [7, 11) is 0. The van der Waals surface area contributed by atoms with Gasteiger partial charge in [0.05, 0.1) is 0 Å². The van der Waals surface area contributed by atoms with Gasteiger partial charge in [0.2, 0.25) is 5.78 Å². The summed E-state index contributed by atoms with van der Waals surface area (Å²) in [5.41, 5.74) is 3.64. The van der Waals surface area contributed by atoms with Gasteiger partial charge < -0.3 is 23.2 Å². The molecule has 68 valence electrons. The Morgan fingerprint density at radius 1 is 1.55 bits per heavy atom. The van der Waals surface area contributed by atoms with Crippen molar-refractivity contribution in [3.05, 3.63) is 0 Å². The molecular formula is C7H16ClNO2. The lowest BCUT2D eigenvalue weighted by molar-refractivity contribution is -0.406. The molecule has 0 saturated heterocycles. The Balaban J connectivity index is 0. The maximum Gasteiger partial charge on any atom is 0.214 e. The van der Waals surface area contributed by atoms with E-state index in [2.05, 4.69) is 5.73 Å². The van der Waals surface area contributed by atoms with Crippen LogP contribution < -0.4 is 18.1 Å². The van der Waals surface area contributed by atoms with Crippen molar-refractivity contribution in [2.45, 2.75) is 26.3 Å². The van der Waals surface area contributed by atoms with Crippen molar-refractivity contribution in [1.82, 2.24) is 0 Å². The largest absolute Gasteiger partial charge is 1.00 e. The van der Waals surface area contributed by atoms with Crippen molar-refractivity contribution in [2.24, 2.45) is 5.92 Å². The van der Waals surface area contributed by atoms with E-state index in [1.54, 1.807) is 0 Å². The van der Waals surface area contributed by atoms with Crippen molar-refractivity contribution in [3.63, 3.8) is 0 Å². The number of carbonyl (C=O) groups is 1. The highest BCUT2D eigenvalue weighted by molar-refractivity contribution is 5.83. The van der Waals surface area contributed by atoms with Crippen molar-refractivity contribution in [1.29, 1.82) is 0 Å². The SMILES string of the molecule is CC(C)C[C@@H]([NH3+])C(=O)CO.[Cl-]. The fourth-order valence-corrected chi connectivity index (χ4v) is 0.830. The van der Waals surface area contributed by atoms with E-state index in [9.17, 15) is 4.79 Å². The third-order valence-electron chi connectivity index (χ3n) is 1.37. The van der Waals surface area contributed by atoms with E-state index in [1.807, 2.05) is 13.8 Å². The summed E-state index contributed by atoms with van der Waals surface area (Å²) in [6.07, 6.45) is 0.763. The topological polar surface area (TPSA) is 64.9 Å². The Morgan fingerprint density at radius 3 is 2.27 bits per heavy atom. The van der Waals surface area contributed by atoms with Crippen LogP contribution in [0.3, 0.4) is 0 Å². The molecule has 0 aliphatic carbocycles.